The fraction of sp³-hybridized carbons (Fsp3) is 0.316. The van der Waals surface area contributed by atoms with Gasteiger partial charge in [-0.15, -0.1) is 0 Å². The highest BCUT2D eigenvalue weighted by Crippen LogP contribution is 2.14. The first kappa shape index (κ1) is 16.2. The predicted octanol–water partition coefficient (Wildman–Crippen LogP) is 2.43. The molecule has 122 valence electrons. The van der Waals surface area contributed by atoms with Crippen LogP contribution in [-0.4, -0.2) is 41.6 Å². The molecule has 0 saturated carbocycles. The number of nitrogens with zero attached hydrogens (tertiary/aromatic N) is 3. The van der Waals surface area contributed by atoms with Crippen LogP contribution in [0.4, 0.5) is 0 Å². The van der Waals surface area contributed by atoms with Crippen molar-refractivity contribution in [2.24, 2.45) is 0 Å². The van der Waals surface area contributed by atoms with E-state index in [0.717, 1.165) is 12.8 Å². The van der Waals surface area contributed by atoms with Crippen LogP contribution < -0.4 is 0 Å². The van der Waals surface area contributed by atoms with Gasteiger partial charge in [-0.3, -0.25) is 4.79 Å². The van der Waals surface area contributed by atoms with Gasteiger partial charge in [0.2, 0.25) is 0 Å². The van der Waals surface area contributed by atoms with E-state index in [-0.39, 0.29) is 12.0 Å². The zero-order chi connectivity index (χ0) is 16.8. The predicted molar refractivity (Wildman–Crippen MR) is 89.4 cm³/mol. The Labute approximate surface area is 141 Å². The minimum Gasteiger partial charge on any atom is -0.375 e. The van der Waals surface area contributed by atoms with Crippen LogP contribution in [-0.2, 0) is 11.2 Å². The van der Waals surface area contributed by atoms with Crippen LogP contribution in [0.1, 0.15) is 28.0 Å². The molecule has 1 aromatic carbocycles. The summed E-state index contributed by atoms with van der Waals surface area (Å²) in [6, 6.07) is 15.5. The first-order valence-corrected chi connectivity index (χ1v) is 8.07. The molecule has 1 aliphatic rings. The van der Waals surface area contributed by atoms with Gasteiger partial charge in [0.05, 0.1) is 18.3 Å². The fourth-order valence-electron chi connectivity index (χ4n) is 2.80. The second-order valence-electron chi connectivity index (χ2n) is 5.81. The average Bonchev–Trinajstić information content (AvgIpc) is 2.67. The van der Waals surface area contributed by atoms with Crippen molar-refractivity contribution in [3.63, 3.8) is 0 Å². The van der Waals surface area contributed by atoms with E-state index >= 15 is 0 Å². The molecular formula is C19H19N3O2. The Balaban J connectivity index is 1.58. The summed E-state index contributed by atoms with van der Waals surface area (Å²) in [6.45, 7) is 1.69. The lowest BCUT2D eigenvalue weighted by Crippen LogP contribution is -2.46. The van der Waals surface area contributed by atoms with E-state index in [1.807, 2.05) is 24.3 Å². The molecule has 0 aliphatic carbocycles. The van der Waals surface area contributed by atoms with E-state index in [4.69, 9.17) is 10.00 Å². The second-order valence-corrected chi connectivity index (χ2v) is 5.81. The molecule has 1 fully saturated rings. The Hall–Kier alpha value is -2.71. The summed E-state index contributed by atoms with van der Waals surface area (Å²) >= 11 is 0. The van der Waals surface area contributed by atoms with E-state index in [1.54, 1.807) is 17.0 Å². The molecule has 0 bridgehead atoms. The van der Waals surface area contributed by atoms with E-state index in [9.17, 15) is 4.79 Å². The lowest BCUT2D eigenvalue weighted by molar-refractivity contribution is -0.0247. The highest BCUT2D eigenvalue weighted by Gasteiger charge is 2.25. The molecule has 1 aromatic heterocycles. The van der Waals surface area contributed by atoms with Gasteiger partial charge in [0.25, 0.3) is 5.91 Å². The monoisotopic (exact) mass is 321 g/mol. The lowest BCUT2D eigenvalue weighted by Gasteiger charge is -2.32. The maximum absolute atomic E-state index is 12.5. The normalized spacial score (nSPS) is 17.3. The Bertz CT molecular complexity index is 723. The number of hydrogen-bond donors (Lipinski definition) is 0. The van der Waals surface area contributed by atoms with Gasteiger partial charge in [-0.25, -0.2) is 4.98 Å². The van der Waals surface area contributed by atoms with Crippen LogP contribution in [0.2, 0.25) is 0 Å². The van der Waals surface area contributed by atoms with Crippen LogP contribution >= 0.6 is 0 Å². The zero-order valence-electron chi connectivity index (χ0n) is 13.4. The standard InChI is InChI=1S/C19H19N3O2/c20-12-16-7-9-18(21-13-16)19(23)22-10-11-24-17(14-22)8-6-15-4-2-1-3-5-15/h1-5,7,9,13,17H,6,8,10-11,14H2/t17-/m1/s1. The summed E-state index contributed by atoms with van der Waals surface area (Å²) in [5, 5.41) is 8.80. The van der Waals surface area contributed by atoms with Gasteiger partial charge in [0.15, 0.2) is 0 Å². The van der Waals surface area contributed by atoms with Gasteiger partial charge in [0.1, 0.15) is 11.8 Å². The number of hydrogen-bond acceptors (Lipinski definition) is 4. The molecule has 1 saturated heterocycles. The minimum atomic E-state index is -0.104. The second kappa shape index (κ2) is 7.71. The number of rotatable bonds is 4. The SMILES string of the molecule is N#Cc1ccc(C(=O)N2CCO[C@H](CCc3ccccc3)C2)nc1. The number of morpholine rings is 1. The molecule has 0 spiro atoms. The van der Waals surface area contributed by atoms with Gasteiger partial charge in [-0.2, -0.15) is 5.26 Å². The average molecular weight is 321 g/mol. The van der Waals surface area contributed by atoms with Crippen LogP contribution in [0.5, 0.6) is 0 Å². The maximum Gasteiger partial charge on any atom is 0.272 e. The number of nitriles is 1. The molecule has 1 amide bonds. The molecule has 0 N–H and O–H groups in total. The van der Waals surface area contributed by atoms with Crippen LogP contribution in [0.25, 0.3) is 0 Å². The Morgan fingerprint density at radius 3 is 2.83 bits per heavy atom. The van der Waals surface area contributed by atoms with Crippen LogP contribution in [0.3, 0.4) is 0 Å². The molecular weight excluding hydrogens is 302 g/mol. The Morgan fingerprint density at radius 2 is 2.12 bits per heavy atom. The first-order valence-electron chi connectivity index (χ1n) is 8.07. The zero-order valence-corrected chi connectivity index (χ0v) is 13.4. The topological polar surface area (TPSA) is 66.2 Å². The van der Waals surface area contributed by atoms with Crippen LogP contribution in [0.15, 0.2) is 48.7 Å². The number of benzene rings is 1. The molecule has 2 heterocycles. The summed E-state index contributed by atoms with van der Waals surface area (Å²) in [6.07, 6.45) is 3.29. The number of pyridine rings is 1. The molecule has 1 aliphatic heterocycles. The van der Waals surface area contributed by atoms with E-state index < -0.39 is 0 Å². The highest BCUT2D eigenvalue weighted by molar-refractivity contribution is 5.92. The van der Waals surface area contributed by atoms with Crippen molar-refractivity contribution >= 4 is 5.91 Å². The number of ether oxygens (including phenoxy) is 1. The fourth-order valence-corrected chi connectivity index (χ4v) is 2.80. The Kier molecular flexibility index (Phi) is 5.19. The number of aryl methyl sites for hydroxylation is 1. The van der Waals surface area contributed by atoms with E-state index in [0.29, 0.717) is 31.0 Å². The third-order valence-electron chi connectivity index (χ3n) is 4.14. The quantitative estimate of drug-likeness (QED) is 0.867. The molecule has 24 heavy (non-hydrogen) atoms. The van der Waals surface area contributed by atoms with Gasteiger partial charge < -0.3 is 9.64 Å². The molecule has 0 unspecified atom stereocenters. The van der Waals surface area contributed by atoms with Crippen LogP contribution in [0, 0.1) is 11.3 Å². The number of aromatic nitrogens is 1. The third kappa shape index (κ3) is 3.98. The van der Waals surface area contributed by atoms with Crippen molar-refractivity contribution in [2.75, 3.05) is 19.7 Å². The molecule has 3 rings (SSSR count). The summed E-state index contributed by atoms with van der Waals surface area (Å²) in [5.41, 5.74) is 2.10. The van der Waals surface area contributed by atoms with Crippen molar-refractivity contribution < 1.29 is 9.53 Å². The number of amides is 1. The molecule has 2 aromatic rings. The number of carbonyl (C=O) groups excluding carboxylic acids is 1. The summed E-state index contributed by atoms with van der Waals surface area (Å²) in [4.78, 5) is 18.4. The number of carbonyl (C=O) groups is 1. The highest BCUT2D eigenvalue weighted by atomic mass is 16.5. The van der Waals surface area contributed by atoms with Gasteiger partial charge >= 0.3 is 0 Å². The summed E-state index contributed by atoms with van der Waals surface area (Å²) in [7, 11) is 0. The Morgan fingerprint density at radius 1 is 1.29 bits per heavy atom. The smallest absolute Gasteiger partial charge is 0.272 e. The summed E-state index contributed by atoms with van der Waals surface area (Å²) in [5.74, 6) is -0.104. The van der Waals surface area contributed by atoms with E-state index in [1.165, 1.54) is 11.8 Å². The molecule has 1 atom stereocenters. The summed E-state index contributed by atoms with van der Waals surface area (Å²) < 4.78 is 5.80. The lowest BCUT2D eigenvalue weighted by atomic mass is 10.1. The molecule has 5 nitrogen and oxygen atoms in total. The van der Waals surface area contributed by atoms with Crippen molar-refractivity contribution in [3.8, 4) is 6.07 Å². The van der Waals surface area contributed by atoms with Gasteiger partial charge in [-0.1, -0.05) is 30.3 Å². The molecule has 5 heteroatoms. The first-order chi connectivity index (χ1) is 11.8. The van der Waals surface area contributed by atoms with Gasteiger partial charge in [-0.05, 0) is 30.5 Å². The minimum absolute atomic E-state index is 0.0429. The van der Waals surface area contributed by atoms with Crippen molar-refractivity contribution in [1.29, 1.82) is 5.26 Å². The van der Waals surface area contributed by atoms with E-state index in [2.05, 4.69) is 17.1 Å². The molecule has 0 radical (unpaired) electrons. The van der Waals surface area contributed by atoms with Crippen molar-refractivity contribution in [2.45, 2.75) is 18.9 Å². The van der Waals surface area contributed by atoms with Crippen molar-refractivity contribution in [3.05, 3.63) is 65.5 Å². The third-order valence-corrected chi connectivity index (χ3v) is 4.14. The van der Waals surface area contributed by atoms with Gasteiger partial charge in [0, 0.05) is 19.3 Å². The largest absolute Gasteiger partial charge is 0.375 e. The maximum atomic E-state index is 12.5. The van der Waals surface area contributed by atoms with Crippen molar-refractivity contribution in [1.82, 2.24) is 9.88 Å².